The van der Waals surface area contributed by atoms with Crippen LogP contribution in [0.3, 0.4) is 0 Å². The van der Waals surface area contributed by atoms with Crippen LogP contribution in [0.5, 0.6) is 11.5 Å². The Bertz CT molecular complexity index is 733. The van der Waals surface area contributed by atoms with E-state index in [-0.39, 0.29) is 17.5 Å². The molecule has 3 aliphatic rings. The average Bonchev–Trinajstić information content (AvgIpc) is 2.58. The van der Waals surface area contributed by atoms with Crippen molar-refractivity contribution in [2.75, 3.05) is 6.54 Å². The first-order valence-corrected chi connectivity index (χ1v) is 8.59. The van der Waals surface area contributed by atoms with Crippen molar-refractivity contribution in [3.05, 3.63) is 59.7 Å². The lowest BCUT2D eigenvalue weighted by Gasteiger charge is -2.55. The molecule has 5 rings (SSSR count). The van der Waals surface area contributed by atoms with E-state index in [2.05, 4.69) is 17.0 Å². The van der Waals surface area contributed by atoms with Gasteiger partial charge in [-0.25, -0.2) is 0 Å². The third kappa shape index (κ3) is 2.56. The maximum absolute atomic E-state index is 11.5. The number of piperidine rings is 2. The topological polar surface area (TPSA) is 63.9 Å². The molecular formula is C20H23NO3. The fourth-order valence-corrected chi connectivity index (χ4v) is 4.51. The minimum Gasteiger partial charge on any atom is -0.504 e. The first-order chi connectivity index (χ1) is 11.6. The van der Waals surface area contributed by atoms with Crippen molar-refractivity contribution in [2.24, 2.45) is 5.92 Å². The molecule has 0 unspecified atom stereocenters. The molecule has 0 amide bonds. The predicted octanol–water partition coefficient (Wildman–Crippen LogP) is 2.97. The van der Waals surface area contributed by atoms with Gasteiger partial charge >= 0.3 is 0 Å². The molecule has 24 heavy (non-hydrogen) atoms. The zero-order chi connectivity index (χ0) is 16.7. The normalized spacial score (nSPS) is 29.7. The van der Waals surface area contributed by atoms with Gasteiger partial charge in [-0.05, 0) is 48.4 Å². The maximum atomic E-state index is 11.5. The molecule has 2 heterocycles. The summed E-state index contributed by atoms with van der Waals surface area (Å²) in [7, 11) is 0. The summed E-state index contributed by atoms with van der Waals surface area (Å²) < 4.78 is 0. The van der Waals surface area contributed by atoms with Crippen LogP contribution >= 0.6 is 0 Å². The highest BCUT2D eigenvalue weighted by Crippen LogP contribution is 2.48. The largest absolute Gasteiger partial charge is 0.504 e. The second kappa shape index (κ2) is 5.80. The Balaban J connectivity index is 1.65. The van der Waals surface area contributed by atoms with Crippen LogP contribution in [0.25, 0.3) is 0 Å². The van der Waals surface area contributed by atoms with Crippen molar-refractivity contribution in [3.8, 4) is 11.5 Å². The highest BCUT2D eigenvalue weighted by molar-refractivity contribution is 5.43. The summed E-state index contributed by atoms with van der Waals surface area (Å²) in [6, 6.07) is 15.1. The number of aliphatic hydroxyl groups is 1. The summed E-state index contributed by atoms with van der Waals surface area (Å²) in [5, 5.41) is 30.9. The third-order valence-electron chi connectivity index (χ3n) is 5.64. The molecule has 2 aliphatic heterocycles. The van der Waals surface area contributed by atoms with Gasteiger partial charge in [-0.15, -0.1) is 0 Å². The van der Waals surface area contributed by atoms with Crippen molar-refractivity contribution < 1.29 is 15.3 Å². The summed E-state index contributed by atoms with van der Waals surface area (Å²) in [6.07, 6.45) is 2.81. The van der Waals surface area contributed by atoms with Gasteiger partial charge in [0, 0.05) is 19.1 Å². The molecule has 1 saturated carbocycles. The number of rotatable bonds is 3. The van der Waals surface area contributed by atoms with E-state index in [1.165, 1.54) is 17.7 Å². The lowest BCUT2D eigenvalue weighted by Crippen LogP contribution is -2.60. The van der Waals surface area contributed by atoms with Crippen molar-refractivity contribution in [2.45, 2.75) is 37.5 Å². The summed E-state index contributed by atoms with van der Waals surface area (Å²) in [6.45, 7) is 1.83. The molecule has 4 nitrogen and oxygen atoms in total. The zero-order valence-electron chi connectivity index (χ0n) is 13.6. The molecule has 2 saturated heterocycles. The maximum Gasteiger partial charge on any atom is 0.157 e. The van der Waals surface area contributed by atoms with Crippen LogP contribution in [0, 0.1) is 5.92 Å². The highest BCUT2D eigenvalue weighted by atomic mass is 16.3. The van der Waals surface area contributed by atoms with E-state index in [4.69, 9.17) is 0 Å². The first kappa shape index (κ1) is 15.5. The van der Waals surface area contributed by atoms with Crippen LogP contribution < -0.4 is 0 Å². The Morgan fingerprint density at radius 3 is 2.50 bits per heavy atom. The first-order valence-electron chi connectivity index (χ1n) is 8.59. The Morgan fingerprint density at radius 1 is 1.00 bits per heavy atom. The SMILES string of the molecule is Oc1ccc([C@@]2(O)C[C@@H]3CC[C@H]2N(Cc2ccccc2)C3)cc1O. The van der Waals surface area contributed by atoms with Gasteiger partial charge in [0.15, 0.2) is 11.5 Å². The fraction of sp³-hybridized carbons (Fsp3) is 0.400. The van der Waals surface area contributed by atoms with Gasteiger partial charge in [0.25, 0.3) is 0 Å². The van der Waals surface area contributed by atoms with Crippen LogP contribution in [-0.2, 0) is 12.1 Å². The average molecular weight is 325 g/mol. The van der Waals surface area contributed by atoms with Gasteiger partial charge in [-0.3, -0.25) is 4.90 Å². The summed E-state index contributed by atoms with van der Waals surface area (Å²) in [5.41, 5.74) is 0.979. The van der Waals surface area contributed by atoms with E-state index < -0.39 is 5.60 Å². The Hall–Kier alpha value is -2.04. The predicted molar refractivity (Wildman–Crippen MR) is 91.6 cm³/mol. The molecule has 2 bridgehead atoms. The number of hydrogen-bond donors (Lipinski definition) is 3. The monoisotopic (exact) mass is 325 g/mol. The Labute approximate surface area is 142 Å². The summed E-state index contributed by atoms with van der Waals surface area (Å²) in [4.78, 5) is 2.37. The molecular weight excluding hydrogens is 302 g/mol. The number of fused-ring (bicyclic) bond motifs is 3. The lowest BCUT2D eigenvalue weighted by molar-refractivity contribution is -0.140. The van der Waals surface area contributed by atoms with Gasteiger partial charge in [-0.1, -0.05) is 36.4 Å². The molecule has 0 spiro atoms. The standard InChI is InChI=1S/C20H23NO3/c22-17-8-7-16(10-18(17)23)20(24)11-15-6-9-19(20)21(13-15)12-14-4-2-1-3-5-14/h1-5,7-8,10,15,19,22-24H,6,9,11-13H2/t15-,19+,20-/m0/s1. The molecule has 0 aromatic heterocycles. The van der Waals surface area contributed by atoms with Gasteiger partial charge in [0.2, 0.25) is 0 Å². The number of hydrogen-bond acceptors (Lipinski definition) is 4. The number of aromatic hydroxyl groups is 2. The van der Waals surface area contributed by atoms with E-state index in [9.17, 15) is 15.3 Å². The van der Waals surface area contributed by atoms with Gasteiger partial charge in [0.05, 0.1) is 0 Å². The molecule has 0 radical (unpaired) electrons. The molecule has 3 atom stereocenters. The lowest BCUT2D eigenvalue weighted by atomic mass is 9.66. The van der Waals surface area contributed by atoms with Gasteiger partial charge in [-0.2, -0.15) is 0 Å². The van der Waals surface area contributed by atoms with Crippen LogP contribution in [0.15, 0.2) is 48.5 Å². The van der Waals surface area contributed by atoms with E-state index in [0.29, 0.717) is 17.9 Å². The Morgan fingerprint density at radius 2 is 1.79 bits per heavy atom. The van der Waals surface area contributed by atoms with Gasteiger partial charge < -0.3 is 15.3 Å². The zero-order valence-corrected chi connectivity index (χ0v) is 13.6. The second-order valence-electron chi connectivity index (χ2n) is 7.21. The number of benzene rings is 2. The fourth-order valence-electron chi connectivity index (χ4n) is 4.51. The number of phenolic OH excluding ortho intramolecular Hbond substituents is 2. The number of phenols is 2. The highest BCUT2D eigenvalue weighted by Gasteiger charge is 2.51. The van der Waals surface area contributed by atoms with Crippen LogP contribution in [0.1, 0.15) is 30.4 Å². The second-order valence-corrected chi connectivity index (χ2v) is 7.21. The van der Waals surface area contributed by atoms with E-state index in [1.807, 2.05) is 18.2 Å². The smallest absolute Gasteiger partial charge is 0.157 e. The van der Waals surface area contributed by atoms with Crippen molar-refractivity contribution in [1.82, 2.24) is 4.90 Å². The quantitative estimate of drug-likeness (QED) is 0.759. The molecule has 2 aromatic rings. The minimum absolute atomic E-state index is 0.0339. The van der Waals surface area contributed by atoms with E-state index >= 15 is 0 Å². The van der Waals surface area contributed by atoms with E-state index in [1.54, 1.807) is 6.07 Å². The number of nitrogens with zero attached hydrogens (tertiary/aromatic N) is 1. The van der Waals surface area contributed by atoms with Crippen LogP contribution in [0.4, 0.5) is 0 Å². The molecule has 3 fully saturated rings. The minimum atomic E-state index is -0.971. The van der Waals surface area contributed by atoms with Crippen molar-refractivity contribution in [1.29, 1.82) is 0 Å². The summed E-state index contributed by atoms with van der Waals surface area (Å²) in [5.74, 6) is 0.140. The molecule has 2 aromatic carbocycles. The van der Waals surface area contributed by atoms with Crippen LogP contribution in [-0.4, -0.2) is 32.8 Å². The molecule has 3 N–H and O–H groups in total. The Kier molecular flexibility index (Phi) is 3.74. The molecule has 1 aliphatic carbocycles. The third-order valence-corrected chi connectivity index (χ3v) is 5.64. The molecule has 4 heteroatoms. The molecule has 126 valence electrons. The van der Waals surface area contributed by atoms with Gasteiger partial charge in [0.1, 0.15) is 5.60 Å². The van der Waals surface area contributed by atoms with Crippen LogP contribution in [0.2, 0.25) is 0 Å². The van der Waals surface area contributed by atoms with Crippen molar-refractivity contribution in [3.63, 3.8) is 0 Å². The van der Waals surface area contributed by atoms with Crippen molar-refractivity contribution >= 4 is 0 Å². The summed E-state index contributed by atoms with van der Waals surface area (Å²) >= 11 is 0. The van der Waals surface area contributed by atoms with E-state index in [0.717, 1.165) is 25.9 Å².